The molecule has 2 aromatic rings. The third-order valence-electron chi connectivity index (χ3n) is 4.17. The van der Waals surface area contributed by atoms with Gasteiger partial charge in [-0.05, 0) is 34.6 Å². The number of carboxylic acid groups (broad SMARTS) is 1. The van der Waals surface area contributed by atoms with E-state index in [2.05, 4.69) is 0 Å². The number of hydrogen-bond donors (Lipinski definition) is 3. The summed E-state index contributed by atoms with van der Waals surface area (Å²) in [6, 6.07) is 8.57. The molecular weight excluding hydrogens is 348 g/mol. The van der Waals surface area contributed by atoms with Crippen LogP contribution in [0.5, 0.6) is 11.5 Å². The average Bonchev–Trinajstić information content (AvgIpc) is 2.49. The van der Waals surface area contributed by atoms with Crippen molar-refractivity contribution in [2.24, 2.45) is 0 Å². The van der Waals surface area contributed by atoms with Gasteiger partial charge in [0, 0.05) is 10.5 Å². The van der Waals surface area contributed by atoms with E-state index in [9.17, 15) is 20.1 Å². The Morgan fingerprint density at radius 2 is 1.42 bits per heavy atom. The molecule has 2 rings (SSSR count). The second kappa shape index (κ2) is 6.88. The predicted molar refractivity (Wildman–Crippen MR) is 105 cm³/mol. The van der Waals surface area contributed by atoms with Crippen molar-refractivity contribution in [2.75, 3.05) is 0 Å². The van der Waals surface area contributed by atoms with Crippen molar-refractivity contribution in [2.45, 2.75) is 62.2 Å². The number of carbonyl (C=O) groups is 1. The lowest BCUT2D eigenvalue weighted by atomic mass is 9.80. The molecule has 0 saturated heterocycles. The summed E-state index contributed by atoms with van der Waals surface area (Å²) in [5.41, 5.74) is 1.05. The van der Waals surface area contributed by atoms with Gasteiger partial charge in [-0.2, -0.15) is 0 Å². The Bertz CT molecular complexity index is 842. The molecular formula is C21H26O4S. The van der Waals surface area contributed by atoms with Crippen LogP contribution in [-0.2, 0) is 10.8 Å². The lowest BCUT2D eigenvalue weighted by Gasteiger charge is -2.29. The van der Waals surface area contributed by atoms with Gasteiger partial charge in [0.15, 0.2) is 11.5 Å². The summed E-state index contributed by atoms with van der Waals surface area (Å²) in [6.45, 7) is 12.0. The Morgan fingerprint density at radius 1 is 0.885 bits per heavy atom. The maximum atomic E-state index is 11.5. The number of rotatable bonds is 3. The highest BCUT2D eigenvalue weighted by atomic mass is 32.2. The minimum atomic E-state index is -1.03. The van der Waals surface area contributed by atoms with Crippen molar-refractivity contribution < 1.29 is 20.1 Å². The van der Waals surface area contributed by atoms with E-state index in [4.69, 9.17) is 0 Å². The van der Waals surface area contributed by atoms with Gasteiger partial charge >= 0.3 is 5.97 Å². The summed E-state index contributed by atoms with van der Waals surface area (Å²) in [6.07, 6.45) is 0. The van der Waals surface area contributed by atoms with Gasteiger partial charge in [-0.3, -0.25) is 0 Å². The van der Waals surface area contributed by atoms with Crippen LogP contribution in [0.4, 0.5) is 0 Å². The van der Waals surface area contributed by atoms with E-state index in [1.807, 2.05) is 47.6 Å². The van der Waals surface area contributed by atoms with Crippen LogP contribution in [0.2, 0.25) is 0 Å². The summed E-state index contributed by atoms with van der Waals surface area (Å²) < 4.78 is 0. The number of carboxylic acids is 1. The standard InChI is InChI=1S/C21H26O4S/c1-20(2,3)13-11-14(21(4,5)6)18(17(23)16(13)22)26-15-10-8-7-9-12(15)19(24)25/h7-11,22-23H,1-6H3,(H,24,25). The molecule has 0 fully saturated rings. The maximum absolute atomic E-state index is 11.5. The molecule has 0 saturated carbocycles. The molecule has 0 aliphatic rings. The zero-order valence-electron chi connectivity index (χ0n) is 16.0. The Hall–Kier alpha value is -2.14. The summed E-state index contributed by atoms with van der Waals surface area (Å²) in [4.78, 5) is 12.5. The van der Waals surface area contributed by atoms with E-state index in [-0.39, 0.29) is 27.9 Å². The van der Waals surface area contributed by atoms with Crippen molar-refractivity contribution in [1.29, 1.82) is 0 Å². The van der Waals surface area contributed by atoms with E-state index >= 15 is 0 Å². The summed E-state index contributed by atoms with van der Waals surface area (Å²) >= 11 is 1.17. The highest BCUT2D eigenvalue weighted by molar-refractivity contribution is 7.99. The normalized spacial score (nSPS) is 12.2. The van der Waals surface area contributed by atoms with Crippen LogP contribution in [-0.4, -0.2) is 21.3 Å². The summed E-state index contributed by atoms with van der Waals surface area (Å²) in [5.74, 6) is -1.38. The molecule has 0 aliphatic carbocycles. The fraction of sp³-hybridized carbons (Fsp3) is 0.381. The first-order chi connectivity index (χ1) is 11.8. The van der Waals surface area contributed by atoms with Gasteiger partial charge in [0.25, 0.3) is 0 Å². The number of aromatic hydroxyl groups is 2. The smallest absolute Gasteiger partial charge is 0.336 e. The van der Waals surface area contributed by atoms with Crippen molar-refractivity contribution in [3.8, 4) is 11.5 Å². The SMILES string of the molecule is CC(C)(C)c1cc(C(C)(C)C)c(Sc2ccccc2C(=O)O)c(O)c1O. The summed E-state index contributed by atoms with van der Waals surface area (Å²) in [7, 11) is 0. The van der Waals surface area contributed by atoms with Gasteiger partial charge in [-0.15, -0.1) is 0 Å². The van der Waals surface area contributed by atoms with Gasteiger partial charge in [-0.25, -0.2) is 4.79 Å². The number of phenolic OH excluding ortho intramolecular Hbond substituents is 2. The molecule has 3 N–H and O–H groups in total. The Balaban J connectivity index is 2.73. The van der Waals surface area contributed by atoms with Crippen LogP contribution in [0.1, 0.15) is 63.0 Å². The molecule has 140 valence electrons. The number of benzene rings is 2. The molecule has 4 nitrogen and oxygen atoms in total. The van der Waals surface area contributed by atoms with Crippen molar-refractivity contribution in [3.05, 3.63) is 47.0 Å². The van der Waals surface area contributed by atoms with Gasteiger partial charge < -0.3 is 15.3 Å². The molecule has 5 heteroatoms. The van der Waals surface area contributed by atoms with Crippen LogP contribution in [0, 0.1) is 0 Å². The maximum Gasteiger partial charge on any atom is 0.336 e. The van der Waals surface area contributed by atoms with Gasteiger partial charge in [0.05, 0.1) is 10.5 Å². The van der Waals surface area contributed by atoms with Gasteiger partial charge in [0.2, 0.25) is 0 Å². The number of phenols is 2. The molecule has 0 amide bonds. The van der Waals surface area contributed by atoms with E-state index in [1.165, 1.54) is 17.8 Å². The minimum Gasteiger partial charge on any atom is -0.504 e. The first kappa shape index (κ1) is 20.2. The zero-order chi connectivity index (χ0) is 19.9. The molecule has 0 aromatic heterocycles. The Labute approximate surface area is 158 Å². The topological polar surface area (TPSA) is 77.8 Å². The third kappa shape index (κ3) is 3.98. The zero-order valence-corrected chi connectivity index (χ0v) is 16.9. The van der Waals surface area contributed by atoms with Crippen molar-refractivity contribution >= 4 is 17.7 Å². The van der Waals surface area contributed by atoms with Crippen molar-refractivity contribution in [1.82, 2.24) is 0 Å². The minimum absolute atomic E-state index is 0.152. The van der Waals surface area contributed by atoms with Gasteiger partial charge in [0.1, 0.15) is 0 Å². The molecule has 0 unspecified atom stereocenters. The Kier molecular flexibility index (Phi) is 5.34. The fourth-order valence-electron chi connectivity index (χ4n) is 2.72. The molecule has 0 aliphatic heterocycles. The van der Waals surface area contributed by atoms with Crippen LogP contribution < -0.4 is 0 Å². The molecule has 2 aromatic carbocycles. The van der Waals surface area contributed by atoms with Gasteiger partial charge in [-0.1, -0.05) is 65.4 Å². The highest BCUT2D eigenvalue weighted by Gasteiger charge is 2.30. The number of aromatic carboxylic acids is 1. The van der Waals surface area contributed by atoms with E-state index in [0.717, 1.165) is 5.56 Å². The predicted octanol–water partition coefficient (Wildman–Crippen LogP) is 5.54. The molecule has 0 radical (unpaired) electrons. The van der Waals surface area contributed by atoms with E-state index in [0.29, 0.717) is 15.4 Å². The Morgan fingerprint density at radius 3 is 1.92 bits per heavy atom. The molecule has 26 heavy (non-hydrogen) atoms. The monoisotopic (exact) mass is 374 g/mol. The molecule has 0 atom stereocenters. The van der Waals surface area contributed by atoms with Crippen LogP contribution in [0.25, 0.3) is 0 Å². The second-order valence-corrected chi connectivity index (χ2v) is 9.45. The van der Waals surface area contributed by atoms with E-state index < -0.39 is 5.97 Å². The lowest BCUT2D eigenvalue weighted by Crippen LogP contribution is -2.17. The second-order valence-electron chi connectivity index (χ2n) is 8.40. The third-order valence-corrected chi connectivity index (χ3v) is 5.37. The quantitative estimate of drug-likeness (QED) is 0.615. The van der Waals surface area contributed by atoms with Crippen LogP contribution >= 0.6 is 11.8 Å². The molecule has 0 heterocycles. The number of hydrogen-bond acceptors (Lipinski definition) is 4. The highest BCUT2D eigenvalue weighted by Crippen LogP contribution is 2.50. The summed E-state index contributed by atoms with van der Waals surface area (Å²) in [5, 5.41) is 30.8. The van der Waals surface area contributed by atoms with Crippen molar-refractivity contribution in [3.63, 3.8) is 0 Å². The molecule has 0 spiro atoms. The lowest BCUT2D eigenvalue weighted by molar-refractivity contribution is 0.0693. The first-order valence-electron chi connectivity index (χ1n) is 8.44. The van der Waals surface area contributed by atoms with Crippen LogP contribution in [0.3, 0.4) is 0 Å². The molecule has 0 bridgehead atoms. The fourth-order valence-corrected chi connectivity index (χ4v) is 4.02. The largest absolute Gasteiger partial charge is 0.504 e. The average molecular weight is 375 g/mol. The first-order valence-corrected chi connectivity index (χ1v) is 9.25. The van der Waals surface area contributed by atoms with E-state index in [1.54, 1.807) is 18.2 Å². The van der Waals surface area contributed by atoms with Crippen LogP contribution in [0.15, 0.2) is 40.1 Å².